The van der Waals surface area contributed by atoms with E-state index in [-0.39, 0.29) is 23.7 Å². The predicted molar refractivity (Wildman–Crippen MR) is 107 cm³/mol. The molecule has 1 heterocycles. The molecule has 1 saturated carbocycles. The van der Waals surface area contributed by atoms with Crippen molar-refractivity contribution in [2.75, 3.05) is 13.2 Å². The first-order chi connectivity index (χ1) is 13.0. The molecule has 1 saturated heterocycles. The highest BCUT2D eigenvalue weighted by atomic mass is 79.9. The highest BCUT2D eigenvalue weighted by Gasteiger charge is 2.39. The summed E-state index contributed by atoms with van der Waals surface area (Å²) in [5.74, 6) is 0.986. The summed E-state index contributed by atoms with van der Waals surface area (Å²) in [6, 6.07) is 3.31. The second-order valence-electron chi connectivity index (χ2n) is 6.64. The third kappa shape index (κ3) is 4.29. The topological polar surface area (TPSA) is 67.9 Å². The number of nitrogens with zero attached hydrogens (tertiary/aromatic N) is 1. The maximum absolute atomic E-state index is 12.8. The molecule has 146 valence electrons. The first kappa shape index (κ1) is 19.7. The molecule has 27 heavy (non-hydrogen) atoms. The van der Waals surface area contributed by atoms with Crippen molar-refractivity contribution in [2.24, 2.45) is 0 Å². The zero-order valence-electron chi connectivity index (χ0n) is 15.7. The van der Waals surface area contributed by atoms with Gasteiger partial charge in [0, 0.05) is 10.5 Å². The van der Waals surface area contributed by atoms with Crippen LogP contribution in [0, 0.1) is 0 Å². The van der Waals surface area contributed by atoms with E-state index in [2.05, 4.69) is 21.2 Å². The lowest BCUT2D eigenvalue weighted by atomic mass is 9.94. The van der Waals surface area contributed by atoms with E-state index >= 15 is 0 Å². The minimum atomic E-state index is -0.328. The van der Waals surface area contributed by atoms with Gasteiger partial charge in [-0.15, -0.1) is 0 Å². The SMILES string of the molecule is CCOc1cc(Br)c(/C=C2\NC(=O)N(C3CCCCC3)C2=O)cc1OCC. The summed E-state index contributed by atoms with van der Waals surface area (Å²) in [4.78, 5) is 26.6. The Morgan fingerprint density at radius 1 is 1.11 bits per heavy atom. The molecule has 3 amide bonds. The van der Waals surface area contributed by atoms with Gasteiger partial charge in [0.2, 0.25) is 0 Å². The minimum absolute atomic E-state index is 0.0000865. The number of imide groups is 1. The normalized spacial score (nSPS) is 19.5. The van der Waals surface area contributed by atoms with Crippen molar-refractivity contribution in [3.8, 4) is 11.5 Å². The summed E-state index contributed by atoms with van der Waals surface area (Å²) >= 11 is 3.52. The lowest BCUT2D eigenvalue weighted by Crippen LogP contribution is -2.41. The van der Waals surface area contributed by atoms with Crippen molar-refractivity contribution in [1.82, 2.24) is 10.2 Å². The molecule has 0 radical (unpaired) electrons. The molecule has 3 rings (SSSR count). The van der Waals surface area contributed by atoms with Crippen molar-refractivity contribution in [2.45, 2.75) is 52.0 Å². The van der Waals surface area contributed by atoms with E-state index in [0.717, 1.165) is 35.7 Å². The highest BCUT2D eigenvalue weighted by Crippen LogP contribution is 2.35. The zero-order valence-corrected chi connectivity index (χ0v) is 17.3. The Labute approximate surface area is 168 Å². The Morgan fingerprint density at radius 2 is 1.74 bits per heavy atom. The number of urea groups is 1. The summed E-state index contributed by atoms with van der Waals surface area (Å²) in [6.07, 6.45) is 6.74. The Balaban J connectivity index is 1.88. The molecular formula is C20H25BrN2O4. The van der Waals surface area contributed by atoms with Gasteiger partial charge in [-0.3, -0.25) is 9.69 Å². The number of rotatable bonds is 6. The first-order valence-electron chi connectivity index (χ1n) is 9.50. The minimum Gasteiger partial charge on any atom is -0.490 e. The van der Waals surface area contributed by atoms with Gasteiger partial charge in [0.15, 0.2) is 11.5 Å². The highest BCUT2D eigenvalue weighted by molar-refractivity contribution is 9.10. The van der Waals surface area contributed by atoms with Crippen molar-refractivity contribution in [1.29, 1.82) is 0 Å². The Bertz CT molecular complexity index is 757. The van der Waals surface area contributed by atoms with E-state index in [0.29, 0.717) is 24.7 Å². The molecule has 1 aromatic rings. The molecule has 1 N–H and O–H groups in total. The van der Waals surface area contributed by atoms with Crippen LogP contribution in [0.1, 0.15) is 51.5 Å². The van der Waals surface area contributed by atoms with E-state index in [1.807, 2.05) is 26.0 Å². The Kier molecular flexibility index (Phi) is 6.42. The van der Waals surface area contributed by atoms with Gasteiger partial charge >= 0.3 is 6.03 Å². The molecule has 7 heteroatoms. The molecule has 1 aromatic carbocycles. The molecule has 1 aliphatic carbocycles. The van der Waals surface area contributed by atoms with E-state index in [9.17, 15) is 9.59 Å². The fraction of sp³-hybridized carbons (Fsp3) is 0.500. The summed E-state index contributed by atoms with van der Waals surface area (Å²) < 4.78 is 12.0. The average molecular weight is 437 g/mol. The van der Waals surface area contributed by atoms with Gasteiger partial charge < -0.3 is 14.8 Å². The first-order valence-corrected chi connectivity index (χ1v) is 10.3. The molecule has 6 nitrogen and oxygen atoms in total. The van der Waals surface area contributed by atoms with Crippen LogP contribution < -0.4 is 14.8 Å². The number of ether oxygens (including phenoxy) is 2. The number of benzene rings is 1. The van der Waals surface area contributed by atoms with Crippen LogP contribution in [0.25, 0.3) is 6.08 Å². The second kappa shape index (κ2) is 8.78. The van der Waals surface area contributed by atoms with Crippen LogP contribution in [0.4, 0.5) is 4.79 Å². The Morgan fingerprint density at radius 3 is 2.37 bits per heavy atom. The van der Waals surface area contributed by atoms with Crippen LogP contribution in [-0.4, -0.2) is 36.1 Å². The average Bonchev–Trinajstić information content (AvgIpc) is 2.93. The molecule has 0 spiro atoms. The number of carbonyl (C=O) groups is 2. The summed E-state index contributed by atoms with van der Waals surface area (Å²) in [6.45, 7) is 4.84. The van der Waals surface area contributed by atoms with Crippen molar-refractivity contribution >= 4 is 33.9 Å². The summed E-state index contributed by atoms with van der Waals surface area (Å²) in [5, 5.41) is 2.72. The summed E-state index contributed by atoms with van der Waals surface area (Å²) in [7, 11) is 0. The van der Waals surface area contributed by atoms with Crippen LogP contribution in [0.3, 0.4) is 0 Å². The third-order valence-corrected chi connectivity index (χ3v) is 5.50. The van der Waals surface area contributed by atoms with Gasteiger partial charge in [0.25, 0.3) is 5.91 Å². The molecule has 0 aromatic heterocycles. The van der Waals surface area contributed by atoms with Crippen molar-refractivity contribution in [3.63, 3.8) is 0 Å². The van der Waals surface area contributed by atoms with Gasteiger partial charge in [-0.05, 0) is 50.5 Å². The molecule has 0 bridgehead atoms. The third-order valence-electron chi connectivity index (χ3n) is 4.81. The van der Waals surface area contributed by atoms with Gasteiger partial charge in [-0.2, -0.15) is 0 Å². The standard InChI is InChI=1S/C20H25BrN2O4/c1-3-26-17-11-13(15(21)12-18(17)27-4-2)10-16-19(24)23(20(25)22-16)14-8-6-5-7-9-14/h10-12,14H,3-9H2,1-2H3,(H,22,25)/b16-10-. The largest absolute Gasteiger partial charge is 0.490 e. The lowest BCUT2D eigenvalue weighted by molar-refractivity contribution is -0.124. The second-order valence-corrected chi connectivity index (χ2v) is 7.50. The smallest absolute Gasteiger partial charge is 0.329 e. The van der Waals surface area contributed by atoms with Crippen molar-refractivity contribution < 1.29 is 19.1 Å². The van der Waals surface area contributed by atoms with Crippen LogP contribution in [0.15, 0.2) is 22.3 Å². The molecule has 0 unspecified atom stereocenters. The lowest BCUT2D eigenvalue weighted by Gasteiger charge is -2.28. The van der Waals surface area contributed by atoms with Gasteiger partial charge in [-0.25, -0.2) is 4.79 Å². The van der Waals surface area contributed by atoms with Gasteiger partial charge in [0.1, 0.15) is 5.70 Å². The predicted octanol–water partition coefficient (Wildman–Crippen LogP) is 4.47. The van der Waals surface area contributed by atoms with Crippen LogP contribution in [-0.2, 0) is 4.79 Å². The van der Waals surface area contributed by atoms with Crippen LogP contribution >= 0.6 is 15.9 Å². The van der Waals surface area contributed by atoms with Crippen LogP contribution in [0.5, 0.6) is 11.5 Å². The molecular weight excluding hydrogens is 412 g/mol. The zero-order chi connectivity index (χ0) is 19.4. The Hall–Kier alpha value is -2.02. The van der Waals surface area contributed by atoms with E-state index in [1.54, 1.807) is 6.08 Å². The van der Waals surface area contributed by atoms with Crippen molar-refractivity contribution in [3.05, 3.63) is 27.9 Å². The number of amides is 3. The maximum atomic E-state index is 12.8. The van der Waals surface area contributed by atoms with E-state index < -0.39 is 0 Å². The monoisotopic (exact) mass is 436 g/mol. The van der Waals surface area contributed by atoms with Gasteiger partial charge in [0.05, 0.1) is 13.2 Å². The fourth-order valence-corrected chi connectivity index (χ4v) is 4.01. The molecule has 2 aliphatic rings. The van der Waals surface area contributed by atoms with Crippen LogP contribution in [0.2, 0.25) is 0 Å². The summed E-state index contributed by atoms with van der Waals surface area (Å²) in [5.41, 5.74) is 1.04. The number of hydrogen-bond donors (Lipinski definition) is 1. The maximum Gasteiger partial charge on any atom is 0.329 e. The molecule has 2 fully saturated rings. The fourth-order valence-electron chi connectivity index (χ4n) is 3.57. The van der Waals surface area contributed by atoms with E-state index in [4.69, 9.17) is 9.47 Å². The quantitative estimate of drug-likeness (QED) is 0.527. The van der Waals surface area contributed by atoms with Gasteiger partial charge in [-0.1, -0.05) is 35.2 Å². The number of carbonyl (C=O) groups excluding carboxylic acids is 2. The number of halogens is 1. The van der Waals surface area contributed by atoms with E-state index in [1.165, 1.54) is 11.3 Å². The number of nitrogens with one attached hydrogen (secondary N) is 1. The number of hydrogen-bond acceptors (Lipinski definition) is 4. The molecule has 1 aliphatic heterocycles. The molecule has 0 atom stereocenters.